The third-order valence-corrected chi connectivity index (χ3v) is 7.25. The molecule has 2 aromatic carbocycles. The van der Waals surface area contributed by atoms with Crippen molar-refractivity contribution in [2.75, 3.05) is 13.1 Å². The van der Waals surface area contributed by atoms with Crippen LogP contribution >= 0.6 is 11.6 Å². The van der Waals surface area contributed by atoms with Crippen LogP contribution in [0.4, 0.5) is 4.39 Å². The van der Waals surface area contributed by atoms with Crippen LogP contribution in [-0.2, 0) is 21.4 Å². The molecule has 8 heteroatoms. The first kappa shape index (κ1) is 23.4. The Balaban J connectivity index is 1.71. The third-order valence-electron chi connectivity index (χ3n) is 5.20. The van der Waals surface area contributed by atoms with Crippen LogP contribution in [0.5, 0.6) is 0 Å². The van der Waals surface area contributed by atoms with Gasteiger partial charge in [-0.2, -0.15) is 4.31 Å². The second kappa shape index (κ2) is 10.9. The van der Waals surface area contributed by atoms with Gasteiger partial charge in [0, 0.05) is 18.1 Å². The lowest BCUT2D eigenvalue weighted by molar-refractivity contribution is -0.121. The predicted octanol–water partition coefficient (Wildman–Crippen LogP) is 4.68. The van der Waals surface area contributed by atoms with E-state index in [1.54, 1.807) is 0 Å². The molecule has 0 aromatic heterocycles. The van der Waals surface area contributed by atoms with Crippen LogP contribution in [0.3, 0.4) is 0 Å². The van der Waals surface area contributed by atoms with Crippen LogP contribution in [0, 0.1) is 5.82 Å². The number of halogens is 2. The van der Waals surface area contributed by atoms with Crippen LogP contribution in [0.2, 0.25) is 5.02 Å². The minimum atomic E-state index is -3.96. The van der Waals surface area contributed by atoms with Crippen LogP contribution < -0.4 is 5.32 Å². The number of hydrogen-bond acceptors (Lipinski definition) is 3. The Labute approximate surface area is 188 Å². The number of nitrogens with one attached hydrogen (secondary N) is 1. The Morgan fingerprint density at radius 3 is 2.42 bits per heavy atom. The SMILES string of the molecule is O=C(CN(Cc1ccc(F)cc1)S(=O)(=O)c1ccc(Cl)cc1)NCCC1=CCCCC1. The normalized spacial score (nSPS) is 14.4. The highest BCUT2D eigenvalue weighted by Crippen LogP contribution is 2.21. The zero-order chi connectivity index (χ0) is 22.3. The first-order valence-electron chi connectivity index (χ1n) is 10.3. The number of amides is 1. The van der Waals surface area contributed by atoms with E-state index in [9.17, 15) is 17.6 Å². The van der Waals surface area contributed by atoms with Crippen molar-refractivity contribution >= 4 is 27.5 Å². The van der Waals surface area contributed by atoms with Crippen molar-refractivity contribution in [3.63, 3.8) is 0 Å². The smallest absolute Gasteiger partial charge is 0.243 e. The third kappa shape index (κ3) is 6.89. The van der Waals surface area contributed by atoms with Crippen molar-refractivity contribution in [2.45, 2.75) is 43.5 Å². The molecule has 0 spiro atoms. The summed E-state index contributed by atoms with van der Waals surface area (Å²) in [5.74, 6) is -0.790. The van der Waals surface area contributed by atoms with Gasteiger partial charge in [0.05, 0.1) is 11.4 Å². The van der Waals surface area contributed by atoms with E-state index in [1.165, 1.54) is 66.9 Å². The molecule has 31 heavy (non-hydrogen) atoms. The van der Waals surface area contributed by atoms with Gasteiger partial charge in [-0.3, -0.25) is 4.79 Å². The molecule has 1 aliphatic rings. The molecule has 0 atom stereocenters. The van der Waals surface area contributed by atoms with E-state index in [-0.39, 0.29) is 23.9 Å². The van der Waals surface area contributed by atoms with Gasteiger partial charge in [-0.1, -0.05) is 35.4 Å². The molecule has 0 unspecified atom stereocenters. The molecular formula is C23H26ClFN2O3S. The maximum absolute atomic E-state index is 13.3. The molecule has 0 fully saturated rings. The molecule has 0 saturated carbocycles. The molecule has 0 bridgehead atoms. The molecule has 5 nitrogen and oxygen atoms in total. The summed E-state index contributed by atoms with van der Waals surface area (Å²) in [5, 5.41) is 3.24. The zero-order valence-electron chi connectivity index (χ0n) is 17.2. The number of carbonyl (C=O) groups is 1. The van der Waals surface area contributed by atoms with E-state index in [0.29, 0.717) is 17.1 Å². The Hall–Kier alpha value is -2.22. The first-order chi connectivity index (χ1) is 14.8. The van der Waals surface area contributed by atoms with Gasteiger partial charge in [0.2, 0.25) is 15.9 Å². The van der Waals surface area contributed by atoms with Crippen LogP contribution in [0.25, 0.3) is 0 Å². The number of rotatable bonds is 9. The Kier molecular flexibility index (Phi) is 8.23. The first-order valence-corrected chi connectivity index (χ1v) is 12.1. The maximum atomic E-state index is 13.3. The Morgan fingerprint density at radius 1 is 1.06 bits per heavy atom. The van der Waals surface area contributed by atoms with E-state index in [1.807, 2.05) is 0 Å². The summed E-state index contributed by atoms with van der Waals surface area (Å²) in [5.41, 5.74) is 1.92. The number of benzene rings is 2. The molecule has 166 valence electrons. The van der Waals surface area contributed by atoms with Gasteiger partial charge >= 0.3 is 0 Å². The predicted molar refractivity (Wildman–Crippen MR) is 120 cm³/mol. The maximum Gasteiger partial charge on any atom is 0.243 e. The lowest BCUT2D eigenvalue weighted by atomic mass is 9.97. The van der Waals surface area contributed by atoms with Crippen LogP contribution in [-0.4, -0.2) is 31.7 Å². The van der Waals surface area contributed by atoms with Crippen molar-refractivity contribution in [2.24, 2.45) is 0 Å². The van der Waals surface area contributed by atoms with E-state index in [0.717, 1.165) is 23.6 Å². The summed E-state index contributed by atoms with van der Waals surface area (Å²) in [6, 6.07) is 11.3. The largest absolute Gasteiger partial charge is 0.355 e. The van der Waals surface area contributed by atoms with Crippen LogP contribution in [0.1, 0.15) is 37.7 Å². The van der Waals surface area contributed by atoms with Crippen molar-refractivity contribution in [3.8, 4) is 0 Å². The number of allylic oxidation sites excluding steroid dienone is 1. The Morgan fingerprint density at radius 2 is 1.77 bits per heavy atom. The average Bonchev–Trinajstić information content (AvgIpc) is 2.76. The number of hydrogen-bond donors (Lipinski definition) is 1. The molecule has 0 radical (unpaired) electrons. The van der Waals surface area contributed by atoms with Crippen molar-refractivity contribution < 1.29 is 17.6 Å². The fourth-order valence-corrected chi connectivity index (χ4v) is 5.00. The molecule has 3 rings (SSSR count). The Bertz CT molecular complexity index is 1020. The van der Waals surface area contributed by atoms with E-state index in [4.69, 9.17) is 11.6 Å². The number of sulfonamides is 1. The average molecular weight is 465 g/mol. The highest BCUT2D eigenvalue weighted by molar-refractivity contribution is 7.89. The summed E-state index contributed by atoms with van der Waals surface area (Å²) < 4.78 is 40.7. The molecular weight excluding hydrogens is 439 g/mol. The van der Waals surface area contributed by atoms with Crippen molar-refractivity contribution in [1.82, 2.24) is 9.62 Å². The topological polar surface area (TPSA) is 66.5 Å². The quantitative estimate of drug-likeness (QED) is 0.548. The monoisotopic (exact) mass is 464 g/mol. The fourth-order valence-electron chi connectivity index (χ4n) is 3.49. The molecule has 2 aromatic rings. The van der Waals surface area contributed by atoms with Gasteiger partial charge < -0.3 is 5.32 Å². The molecule has 1 N–H and O–H groups in total. The molecule has 0 heterocycles. The standard InChI is InChI=1S/C23H26ClFN2O3S/c24-20-8-12-22(13-9-20)31(29,30)27(16-19-6-10-21(25)11-7-19)17-23(28)26-15-14-18-4-2-1-3-5-18/h4,6-13H,1-3,5,14-17H2,(H,26,28). The van der Waals surface area contributed by atoms with E-state index < -0.39 is 15.8 Å². The highest BCUT2D eigenvalue weighted by Gasteiger charge is 2.27. The summed E-state index contributed by atoms with van der Waals surface area (Å²) in [4.78, 5) is 12.6. The lowest BCUT2D eigenvalue weighted by Crippen LogP contribution is -2.40. The highest BCUT2D eigenvalue weighted by atomic mass is 35.5. The second-order valence-corrected chi connectivity index (χ2v) is 9.94. The van der Waals surface area contributed by atoms with E-state index in [2.05, 4.69) is 11.4 Å². The number of nitrogens with zero attached hydrogens (tertiary/aromatic N) is 1. The summed E-state index contributed by atoms with van der Waals surface area (Å²) in [6.45, 7) is 0.0846. The minimum absolute atomic E-state index is 0.0409. The van der Waals surface area contributed by atoms with Gasteiger partial charge in [0.1, 0.15) is 5.82 Å². The summed E-state index contributed by atoms with van der Waals surface area (Å²) in [6.07, 6.45) is 7.50. The molecule has 1 aliphatic carbocycles. The van der Waals surface area contributed by atoms with Crippen LogP contribution in [0.15, 0.2) is 65.1 Å². The summed E-state index contributed by atoms with van der Waals surface area (Å²) in [7, 11) is -3.96. The van der Waals surface area contributed by atoms with Gasteiger partial charge in [0.15, 0.2) is 0 Å². The van der Waals surface area contributed by atoms with Gasteiger partial charge in [0.25, 0.3) is 0 Å². The zero-order valence-corrected chi connectivity index (χ0v) is 18.8. The molecule has 0 saturated heterocycles. The minimum Gasteiger partial charge on any atom is -0.355 e. The van der Waals surface area contributed by atoms with Crippen molar-refractivity contribution in [1.29, 1.82) is 0 Å². The van der Waals surface area contributed by atoms with Gasteiger partial charge in [-0.15, -0.1) is 0 Å². The van der Waals surface area contributed by atoms with Crippen molar-refractivity contribution in [3.05, 3.63) is 76.6 Å². The fraction of sp³-hybridized carbons (Fsp3) is 0.348. The second-order valence-electron chi connectivity index (χ2n) is 7.56. The lowest BCUT2D eigenvalue weighted by Gasteiger charge is -2.22. The van der Waals surface area contributed by atoms with Gasteiger partial charge in [-0.25, -0.2) is 12.8 Å². The summed E-state index contributed by atoms with van der Waals surface area (Å²) >= 11 is 5.88. The molecule has 0 aliphatic heterocycles. The van der Waals surface area contributed by atoms with E-state index >= 15 is 0 Å². The molecule has 1 amide bonds. The number of carbonyl (C=O) groups excluding carboxylic acids is 1. The van der Waals surface area contributed by atoms with Gasteiger partial charge in [-0.05, 0) is 74.1 Å².